The van der Waals surface area contributed by atoms with Gasteiger partial charge in [0, 0.05) is 23.6 Å². The van der Waals surface area contributed by atoms with Crippen molar-refractivity contribution < 1.29 is 13.6 Å². The largest absolute Gasteiger partial charge is 0.467 e. The van der Waals surface area contributed by atoms with Crippen LogP contribution in [0.5, 0.6) is 0 Å². The predicted molar refractivity (Wildman–Crippen MR) is 90.2 cm³/mol. The second-order valence-electron chi connectivity index (χ2n) is 5.60. The van der Waals surface area contributed by atoms with E-state index in [0.29, 0.717) is 12.3 Å². The van der Waals surface area contributed by atoms with E-state index in [-0.39, 0.29) is 17.1 Å². The first-order valence-electron chi connectivity index (χ1n) is 7.58. The molecule has 3 aromatic rings. The molecule has 122 valence electrons. The Morgan fingerprint density at radius 2 is 2.17 bits per heavy atom. The number of halogens is 1. The van der Waals surface area contributed by atoms with Gasteiger partial charge in [0.2, 0.25) is 5.91 Å². The highest BCUT2D eigenvalue weighted by molar-refractivity contribution is 8.00. The van der Waals surface area contributed by atoms with Crippen molar-refractivity contribution in [1.82, 2.24) is 9.47 Å². The number of thioether (sulfide) groups is 1. The summed E-state index contributed by atoms with van der Waals surface area (Å²) in [6.45, 7) is 0.453. The number of hydrogen-bond acceptors (Lipinski definition) is 3. The average Bonchev–Trinajstić information content (AvgIpc) is 3.30. The van der Waals surface area contributed by atoms with Gasteiger partial charge < -0.3 is 13.9 Å². The van der Waals surface area contributed by atoms with Gasteiger partial charge in [-0.2, -0.15) is 0 Å². The zero-order chi connectivity index (χ0) is 16.5. The summed E-state index contributed by atoms with van der Waals surface area (Å²) in [4.78, 5) is 14.0. The van der Waals surface area contributed by atoms with Crippen molar-refractivity contribution in [3.8, 4) is 5.69 Å². The number of rotatable bonds is 4. The second kappa shape index (κ2) is 6.20. The second-order valence-corrected chi connectivity index (χ2v) is 6.66. The Morgan fingerprint density at radius 3 is 2.96 bits per heavy atom. The molecule has 1 aliphatic heterocycles. The summed E-state index contributed by atoms with van der Waals surface area (Å²) in [5.74, 6) is 1.05. The molecule has 0 spiro atoms. The quantitative estimate of drug-likeness (QED) is 0.720. The molecule has 0 aliphatic carbocycles. The summed E-state index contributed by atoms with van der Waals surface area (Å²) in [5.41, 5.74) is 1.77. The van der Waals surface area contributed by atoms with E-state index >= 15 is 0 Å². The number of nitrogens with zero attached hydrogens (tertiary/aromatic N) is 2. The first kappa shape index (κ1) is 15.1. The van der Waals surface area contributed by atoms with E-state index in [1.807, 2.05) is 46.1 Å². The maximum atomic E-state index is 13.4. The van der Waals surface area contributed by atoms with E-state index in [1.165, 1.54) is 12.1 Å². The maximum Gasteiger partial charge on any atom is 0.234 e. The predicted octanol–water partition coefficient (Wildman–Crippen LogP) is 3.98. The molecule has 1 saturated heterocycles. The zero-order valence-electron chi connectivity index (χ0n) is 12.8. The molecular weight excluding hydrogens is 327 g/mol. The van der Waals surface area contributed by atoms with Crippen molar-refractivity contribution >= 4 is 17.7 Å². The van der Waals surface area contributed by atoms with Crippen molar-refractivity contribution in [2.45, 2.75) is 11.9 Å². The highest BCUT2D eigenvalue weighted by Crippen LogP contribution is 2.40. The lowest BCUT2D eigenvalue weighted by Crippen LogP contribution is -2.27. The number of benzene rings is 1. The molecule has 6 heteroatoms. The zero-order valence-corrected chi connectivity index (χ0v) is 13.6. The van der Waals surface area contributed by atoms with Crippen molar-refractivity contribution in [2.75, 3.05) is 5.75 Å². The first-order chi connectivity index (χ1) is 11.7. The molecule has 4 nitrogen and oxygen atoms in total. The first-order valence-corrected chi connectivity index (χ1v) is 8.63. The van der Waals surface area contributed by atoms with Gasteiger partial charge in [-0.05, 0) is 36.4 Å². The standard InChI is InChI=1S/C18H15FN2O2S/c19-14-3-1-4-15(9-14)20-7-6-13(10-20)18-21(17(22)12-24-18)11-16-5-2-8-23-16/h1-10,18H,11-12H2/t18-/m0/s1. The van der Waals surface area contributed by atoms with Gasteiger partial charge in [0.15, 0.2) is 0 Å². The SMILES string of the molecule is O=C1CS[C@@H](c2ccn(-c3cccc(F)c3)c2)N1Cc1ccco1. The van der Waals surface area contributed by atoms with E-state index in [1.54, 1.807) is 24.1 Å². The van der Waals surface area contributed by atoms with Gasteiger partial charge in [-0.25, -0.2) is 4.39 Å². The molecule has 0 radical (unpaired) electrons. The number of amides is 1. The molecule has 0 bridgehead atoms. The van der Waals surface area contributed by atoms with Crippen LogP contribution >= 0.6 is 11.8 Å². The van der Waals surface area contributed by atoms with Crippen LogP contribution < -0.4 is 0 Å². The van der Waals surface area contributed by atoms with Crippen LogP contribution in [0, 0.1) is 5.82 Å². The third-order valence-corrected chi connectivity index (χ3v) is 5.24. The van der Waals surface area contributed by atoms with E-state index in [0.717, 1.165) is 17.0 Å². The molecule has 1 aliphatic rings. The minimum atomic E-state index is -0.271. The highest BCUT2D eigenvalue weighted by atomic mass is 32.2. The topological polar surface area (TPSA) is 38.4 Å². The molecule has 3 heterocycles. The number of carbonyl (C=O) groups is 1. The van der Waals surface area contributed by atoms with Gasteiger partial charge >= 0.3 is 0 Å². The van der Waals surface area contributed by atoms with Crippen molar-refractivity contribution in [3.05, 3.63) is 78.3 Å². The van der Waals surface area contributed by atoms with Gasteiger partial charge in [-0.15, -0.1) is 11.8 Å². The lowest BCUT2D eigenvalue weighted by Gasteiger charge is -2.22. The summed E-state index contributed by atoms with van der Waals surface area (Å²) in [7, 11) is 0. The van der Waals surface area contributed by atoms with Gasteiger partial charge in [-0.1, -0.05) is 6.07 Å². The van der Waals surface area contributed by atoms with Crippen LogP contribution in [-0.2, 0) is 11.3 Å². The van der Waals surface area contributed by atoms with E-state index in [9.17, 15) is 9.18 Å². The van der Waals surface area contributed by atoms with Crippen LogP contribution in [0.25, 0.3) is 5.69 Å². The molecule has 1 fully saturated rings. The van der Waals surface area contributed by atoms with E-state index < -0.39 is 0 Å². The highest BCUT2D eigenvalue weighted by Gasteiger charge is 2.33. The maximum absolute atomic E-state index is 13.4. The third-order valence-electron chi connectivity index (χ3n) is 3.98. The minimum absolute atomic E-state index is 0.0580. The fourth-order valence-corrected chi connectivity index (χ4v) is 4.00. The fourth-order valence-electron chi connectivity index (χ4n) is 2.83. The van der Waals surface area contributed by atoms with Gasteiger partial charge in [0.25, 0.3) is 0 Å². The van der Waals surface area contributed by atoms with Gasteiger partial charge in [0.05, 0.1) is 18.6 Å². The molecule has 0 saturated carbocycles. The van der Waals surface area contributed by atoms with E-state index in [4.69, 9.17) is 4.42 Å². The summed E-state index contributed by atoms with van der Waals surface area (Å²) in [5, 5.41) is -0.0580. The molecule has 1 aromatic carbocycles. The molecule has 4 rings (SSSR count). The Bertz CT molecular complexity index is 860. The van der Waals surface area contributed by atoms with Gasteiger partial charge in [0.1, 0.15) is 17.0 Å². The minimum Gasteiger partial charge on any atom is -0.467 e. The lowest BCUT2D eigenvalue weighted by atomic mass is 10.3. The van der Waals surface area contributed by atoms with Gasteiger partial charge in [-0.3, -0.25) is 4.79 Å². The van der Waals surface area contributed by atoms with Crippen LogP contribution in [0.15, 0.2) is 65.5 Å². The number of carbonyl (C=O) groups excluding carboxylic acids is 1. The fraction of sp³-hybridized carbons (Fsp3) is 0.167. The van der Waals surface area contributed by atoms with Crippen LogP contribution in [0.3, 0.4) is 0 Å². The Morgan fingerprint density at radius 1 is 1.25 bits per heavy atom. The molecule has 0 unspecified atom stereocenters. The molecule has 0 N–H and O–H groups in total. The number of hydrogen-bond donors (Lipinski definition) is 0. The third kappa shape index (κ3) is 2.85. The average molecular weight is 342 g/mol. The van der Waals surface area contributed by atoms with E-state index in [2.05, 4.69) is 0 Å². The van der Waals surface area contributed by atoms with Crippen molar-refractivity contribution in [2.24, 2.45) is 0 Å². The Hall–Kier alpha value is -2.47. The van der Waals surface area contributed by atoms with Crippen molar-refractivity contribution in [3.63, 3.8) is 0 Å². The number of furan rings is 1. The summed E-state index contributed by atoms with van der Waals surface area (Å²) in [6, 6.07) is 12.1. The Balaban J connectivity index is 1.60. The molecule has 24 heavy (non-hydrogen) atoms. The van der Waals surface area contributed by atoms with Crippen LogP contribution in [0.1, 0.15) is 16.7 Å². The summed E-state index contributed by atoms with van der Waals surface area (Å²) >= 11 is 1.59. The Kier molecular flexibility index (Phi) is 3.90. The molecule has 2 aromatic heterocycles. The van der Waals surface area contributed by atoms with Crippen LogP contribution in [-0.4, -0.2) is 21.1 Å². The lowest BCUT2D eigenvalue weighted by molar-refractivity contribution is -0.128. The number of aromatic nitrogens is 1. The monoisotopic (exact) mass is 342 g/mol. The normalized spacial score (nSPS) is 17.6. The van der Waals surface area contributed by atoms with Crippen LogP contribution in [0.2, 0.25) is 0 Å². The van der Waals surface area contributed by atoms with Crippen molar-refractivity contribution in [1.29, 1.82) is 0 Å². The molecular formula is C18H15FN2O2S. The molecule has 1 amide bonds. The summed E-state index contributed by atoms with van der Waals surface area (Å²) < 4.78 is 20.6. The Labute approximate surface area is 142 Å². The van der Waals surface area contributed by atoms with Crippen LogP contribution in [0.4, 0.5) is 4.39 Å². The molecule has 1 atom stereocenters. The smallest absolute Gasteiger partial charge is 0.234 e. The summed E-state index contributed by atoms with van der Waals surface area (Å²) in [6.07, 6.45) is 5.44.